The van der Waals surface area contributed by atoms with Gasteiger partial charge in [-0.1, -0.05) is 36.9 Å². The lowest BCUT2D eigenvalue weighted by atomic mass is 9.98. The third-order valence-corrected chi connectivity index (χ3v) is 3.31. The Morgan fingerprint density at radius 2 is 2.12 bits per heavy atom. The van der Waals surface area contributed by atoms with Crippen LogP contribution in [0.15, 0.2) is 36.9 Å². The van der Waals surface area contributed by atoms with Gasteiger partial charge in [0.05, 0.1) is 5.69 Å². The predicted octanol–water partition coefficient (Wildman–Crippen LogP) is 4.09. The van der Waals surface area contributed by atoms with Gasteiger partial charge in [0.15, 0.2) is 0 Å². The van der Waals surface area contributed by atoms with Gasteiger partial charge >= 0.3 is 0 Å². The molecule has 0 unspecified atom stereocenters. The summed E-state index contributed by atoms with van der Waals surface area (Å²) in [4.78, 5) is 0. The summed E-state index contributed by atoms with van der Waals surface area (Å²) in [6.07, 6.45) is 5.42. The van der Waals surface area contributed by atoms with Gasteiger partial charge in [0.25, 0.3) is 0 Å². The van der Waals surface area contributed by atoms with Gasteiger partial charge < -0.3 is 4.57 Å². The van der Waals surface area contributed by atoms with Crippen molar-refractivity contribution in [1.82, 2.24) is 4.57 Å². The maximum Gasteiger partial charge on any atom is 0.0520 e. The van der Waals surface area contributed by atoms with Gasteiger partial charge in [0.2, 0.25) is 0 Å². The molecule has 0 saturated heterocycles. The maximum atomic E-state index is 4.19. The predicted molar refractivity (Wildman–Crippen MR) is 70.3 cm³/mol. The van der Waals surface area contributed by atoms with Crippen LogP contribution in [-0.2, 0) is 6.54 Å². The number of aryl methyl sites for hydroxylation is 1. The first-order valence-electron chi connectivity index (χ1n) is 5.79. The van der Waals surface area contributed by atoms with Gasteiger partial charge in [0, 0.05) is 23.0 Å². The van der Waals surface area contributed by atoms with Crippen LogP contribution >= 0.6 is 0 Å². The molecule has 1 aliphatic rings. The summed E-state index contributed by atoms with van der Waals surface area (Å²) in [7, 11) is 0. The first-order valence-corrected chi connectivity index (χ1v) is 5.79. The van der Waals surface area contributed by atoms with Crippen LogP contribution < -0.4 is 0 Å². The van der Waals surface area contributed by atoms with Crippen LogP contribution in [0.4, 0.5) is 0 Å². The molecule has 0 amide bonds. The number of hydrogen-bond acceptors (Lipinski definition) is 0. The summed E-state index contributed by atoms with van der Waals surface area (Å²) in [6.45, 7) is 7.38. The van der Waals surface area contributed by atoms with E-state index in [4.69, 9.17) is 0 Å². The van der Waals surface area contributed by atoms with E-state index >= 15 is 0 Å². The van der Waals surface area contributed by atoms with E-state index in [0.717, 1.165) is 13.0 Å². The zero-order valence-electron chi connectivity index (χ0n) is 9.53. The van der Waals surface area contributed by atoms with Crippen molar-refractivity contribution in [2.24, 2.45) is 0 Å². The Bertz CT molecular complexity index is 599. The molecule has 1 heterocycles. The number of nitrogens with zero attached hydrogens (tertiary/aromatic N) is 1. The molecule has 0 radical (unpaired) electrons. The summed E-state index contributed by atoms with van der Waals surface area (Å²) in [5.41, 5.74) is 5.22. The molecular weight excluding hydrogens is 194 g/mol. The SMILES string of the molecule is C=C1CC=Cc2c1n(CC)c1ccccc21. The van der Waals surface area contributed by atoms with E-state index in [-0.39, 0.29) is 0 Å². The zero-order chi connectivity index (χ0) is 11.1. The minimum atomic E-state index is 0.976. The molecule has 0 saturated carbocycles. The van der Waals surface area contributed by atoms with E-state index in [9.17, 15) is 0 Å². The van der Waals surface area contributed by atoms with Crippen molar-refractivity contribution < 1.29 is 0 Å². The van der Waals surface area contributed by atoms with E-state index in [0.29, 0.717) is 0 Å². The number of benzene rings is 1. The lowest BCUT2D eigenvalue weighted by Gasteiger charge is -2.13. The van der Waals surface area contributed by atoms with E-state index in [1.165, 1.54) is 27.7 Å². The van der Waals surface area contributed by atoms with Crippen LogP contribution in [0.25, 0.3) is 22.6 Å². The average Bonchev–Trinajstić information content (AvgIpc) is 2.65. The van der Waals surface area contributed by atoms with Crippen LogP contribution in [-0.4, -0.2) is 4.57 Å². The number of allylic oxidation sites excluding steroid dienone is 2. The first-order chi connectivity index (χ1) is 7.83. The van der Waals surface area contributed by atoms with Crippen LogP contribution in [0.2, 0.25) is 0 Å². The zero-order valence-corrected chi connectivity index (χ0v) is 9.53. The van der Waals surface area contributed by atoms with Crippen molar-refractivity contribution in [2.75, 3.05) is 0 Å². The number of rotatable bonds is 1. The number of para-hydroxylation sites is 1. The monoisotopic (exact) mass is 209 g/mol. The van der Waals surface area contributed by atoms with Gasteiger partial charge in [-0.3, -0.25) is 0 Å². The van der Waals surface area contributed by atoms with Crippen LogP contribution in [0.1, 0.15) is 24.6 Å². The molecule has 0 aliphatic heterocycles. The summed E-state index contributed by atoms with van der Waals surface area (Å²) in [5.74, 6) is 0. The second-order valence-corrected chi connectivity index (χ2v) is 4.23. The molecule has 1 heteroatoms. The molecule has 1 aromatic heterocycles. The van der Waals surface area contributed by atoms with E-state index in [2.05, 4.69) is 54.5 Å². The Hall–Kier alpha value is -1.76. The lowest BCUT2D eigenvalue weighted by molar-refractivity contribution is 0.782. The number of aromatic nitrogens is 1. The van der Waals surface area contributed by atoms with E-state index < -0.39 is 0 Å². The fourth-order valence-electron chi connectivity index (χ4n) is 2.62. The van der Waals surface area contributed by atoms with Crippen molar-refractivity contribution in [3.8, 4) is 0 Å². The lowest BCUT2D eigenvalue weighted by Crippen LogP contribution is -2.01. The second kappa shape index (κ2) is 3.38. The van der Waals surface area contributed by atoms with Crippen molar-refractivity contribution in [1.29, 1.82) is 0 Å². The molecule has 0 atom stereocenters. The molecule has 16 heavy (non-hydrogen) atoms. The Morgan fingerprint density at radius 3 is 2.94 bits per heavy atom. The standard InChI is InChI=1S/C15H15N/c1-3-16-14-10-5-4-8-12(14)13-9-6-7-11(2)15(13)16/h4-6,8-10H,2-3,7H2,1H3. The Morgan fingerprint density at radius 1 is 1.31 bits per heavy atom. The molecular formula is C15H15N. The molecule has 80 valence electrons. The van der Waals surface area contributed by atoms with Gasteiger partial charge in [-0.2, -0.15) is 0 Å². The maximum absolute atomic E-state index is 4.19. The molecule has 0 fully saturated rings. The van der Waals surface area contributed by atoms with E-state index in [1.807, 2.05) is 0 Å². The molecule has 2 aromatic rings. The topological polar surface area (TPSA) is 4.93 Å². The third-order valence-electron chi connectivity index (χ3n) is 3.31. The highest BCUT2D eigenvalue weighted by atomic mass is 15.0. The van der Waals surface area contributed by atoms with Crippen LogP contribution in [0.5, 0.6) is 0 Å². The van der Waals surface area contributed by atoms with Gasteiger partial charge in [-0.15, -0.1) is 0 Å². The van der Waals surface area contributed by atoms with Crippen molar-refractivity contribution in [2.45, 2.75) is 19.9 Å². The fourth-order valence-corrected chi connectivity index (χ4v) is 2.62. The molecule has 1 aromatic carbocycles. The Kier molecular flexibility index (Phi) is 2.00. The Balaban J connectivity index is 2.49. The summed E-state index contributed by atoms with van der Waals surface area (Å²) >= 11 is 0. The van der Waals surface area contributed by atoms with Crippen molar-refractivity contribution in [3.05, 3.63) is 48.2 Å². The smallest absolute Gasteiger partial charge is 0.0520 e. The van der Waals surface area contributed by atoms with Gasteiger partial charge in [0.1, 0.15) is 0 Å². The van der Waals surface area contributed by atoms with Gasteiger partial charge in [-0.05, 0) is 25.0 Å². The van der Waals surface area contributed by atoms with Crippen LogP contribution in [0, 0.1) is 0 Å². The minimum Gasteiger partial charge on any atom is -0.341 e. The normalized spacial score (nSPS) is 14.4. The minimum absolute atomic E-state index is 0.976. The highest BCUT2D eigenvalue weighted by Crippen LogP contribution is 2.35. The Labute approximate surface area is 95.7 Å². The highest BCUT2D eigenvalue weighted by Gasteiger charge is 2.17. The highest BCUT2D eigenvalue weighted by molar-refractivity contribution is 5.97. The summed E-state index contributed by atoms with van der Waals surface area (Å²) in [5, 5.41) is 1.34. The van der Waals surface area contributed by atoms with E-state index in [1.54, 1.807) is 0 Å². The summed E-state index contributed by atoms with van der Waals surface area (Å²) < 4.78 is 2.37. The number of fused-ring (bicyclic) bond motifs is 3. The summed E-state index contributed by atoms with van der Waals surface area (Å²) in [6, 6.07) is 8.60. The molecule has 1 aliphatic carbocycles. The van der Waals surface area contributed by atoms with Crippen molar-refractivity contribution >= 4 is 22.6 Å². The molecule has 3 rings (SSSR count). The molecule has 0 N–H and O–H groups in total. The largest absolute Gasteiger partial charge is 0.341 e. The number of hydrogen-bond donors (Lipinski definition) is 0. The third kappa shape index (κ3) is 1.12. The molecule has 0 bridgehead atoms. The molecule has 0 spiro atoms. The average molecular weight is 209 g/mol. The quantitative estimate of drug-likeness (QED) is 0.666. The van der Waals surface area contributed by atoms with Crippen LogP contribution in [0.3, 0.4) is 0 Å². The fraction of sp³-hybridized carbons (Fsp3) is 0.200. The molecule has 1 nitrogen and oxygen atoms in total. The second-order valence-electron chi connectivity index (χ2n) is 4.23. The van der Waals surface area contributed by atoms with Gasteiger partial charge in [-0.25, -0.2) is 0 Å². The first kappa shape index (κ1) is 9.46. The van der Waals surface area contributed by atoms with Crippen molar-refractivity contribution in [3.63, 3.8) is 0 Å².